The Morgan fingerprint density at radius 2 is 1.65 bits per heavy atom. The van der Waals surface area contributed by atoms with E-state index in [9.17, 15) is 14.7 Å². The molecule has 3 aromatic rings. The van der Waals surface area contributed by atoms with Crippen LogP contribution in [0, 0.1) is 6.92 Å². The van der Waals surface area contributed by atoms with Gasteiger partial charge in [-0.1, -0.05) is 87.2 Å². The summed E-state index contributed by atoms with van der Waals surface area (Å²) in [5.41, 5.74) is 4.09. The van der Waals surface area contributed by atoms with Gasteiger partial charge in [0.1, 0.15) is 12.4 Å². The second-order valence-electron chi connectivity index (χ2n) is 11.9. The van der Waals surface area contributed by atoms with Gasteiger partial charge in [0.25, 0.3) is 5.91 Å². The second-order valence-corrected chi connectivity index (χ2v) is 11.9. The number of carbonyl (C=O) groups excluding carboxylic acids is 2. The maximum Gasteiger partial charge on any atom is 0.295 e. The van der Waals surface area contributed by atoms with Crippen molar-refractivity contribution < 1.29 is 24.3 Å². The van der Waals surface area contributed by atoms with Crippen LogP contribution < -0.4 is 14.7 Å². The summed E-state index contributed by atoms with van der Waals surface area (Å²) in [6, 6.07) is 22.3. The molecular weight excluding hydrogens is 500 g/mol. The predicted octanol–water partition coefficient (Wildman–Crippen LogP) is 3.63. The van der Waals surface area contributed by atoms with Gasteiger partial charge in [0, 0.05) is 18.5 Å². The number of nitrogens with zero attached hydrogens (tertiary/aromatic N) is 1. The highest BCUT2D eigenvalue weighted by atomic mass is 16.5. The van der Waals surface area contributed by atoms with E-state index in [-0.39, 0.29) is 11.0 Å². The summed E-state index contributed by atoms with van der Waals surface area (Å²) in [5.74, 6) is -1.07. The highest BCUT2D eigenvalue weighted by molar-refractivity contribution is 6.46. The number of nitrogens with one attached hydrogen (secondary N) is 1. The topological polar surface area (TPSA) is 74.1 Å². The number of quaternary nitrogens is 1. The number of ether oxygens (including phenoxy) is 1. The normalized spacial score (nSPS) is 17.1. The molecule has 1 N–H and O–H groups in total. The Hall–Kier alpha value is -3.90. The Labute approximate surface area is 237 Å². The molecule has 0 saturated carbocycles. The molecule has 210 valence electrons. The molecule has 1 atom stereocenters. The van der Waals surface area contributed by atoms with Gasteiger partial charge in [-0.25, -0.2) is 0 Å². The molecule has 40 heavy (non-hydrogen) atoms. The third-order valence-electron chi connectivity index (χ3n) is 7.37. The molecular formula is C34H40N2O4. The first-order valence-electron chi connectivity index (χ1n) is 13.9. The third-order valence-corrected chi connectivity index (χ3v) is 7.37. The summed E-state index contributed by atoms with van der Waals surface area (Å²) in [6.07, 6.45) is 0.728. The van der Waals surface area contributed by atoms with Gasteiger partial charge < -0.3 is 19.6 Å². The fraction of sp³-hybridized carbons (Fsp3) is 0.353. The number of rotatable bonds is 9. The van der Waals surface area contributed by atoms with Gasteiger partial charge >= 0.3 is 0 Å². The lowest BCUT2D eigenvalue weighted by atomic mass is 9.85. The van der Waals surface area contributed by atoms with Crippen LogP contribution in [0.5, 0.6) is 5.75 Å². The molecule has 0 spiro atoms. The summed E-state index contributed by atoms with van der Waals surface area (Å²) in [7, 11) is 4.10. The van der Waals surface area contributed by atoms with Crippen LogP contribution in [0.15, 0.2) is 78.4 Å². The van der Waals surface area contributed by atoms with Gasteiger partial charge in [-0.15, -0.1) is 0 Å². The molecule has 1 aliphatic rings. The standard InChI is InChI=1S/C34H40N2O4/c1-23-21-26(15-18-28(23)40-22-24-11-8-7-9-12-24)31(37)29-30(25-13-16-27(17-14-25)34(2,3)4)36(33(39)32(29)38)20-10-19-35(5)6/h7-9,11-18,21,30,37H,10,19-20,22H2,1-6H3/b31-29+. The first-order chi connectivity index (χ1) is 19.0. The van der Waals surface area contributed by atoms with Crippen molar-refractivity contribution in [3.05, 3.63) is 106 Å². The third kappa shape index (κ3) is 6.45. The monoisotopic (exact) mass is 540 g/mol. The number of Topliss-reactive ketones (excluding diaryl/α,β-unsaturated/α-hetero) is 1. The molecule has 1 saturated heterocycles. The van der Waals surface area contributed by atoms with E-state index in [1.54, 1.807) is 23.1 Å². The molecule has 3 aromatic carbocycles. The molecule has 6 heteroatoms. The minimum Gasteiger partial charge on any atom is -0.872 e. The number of hydrogen-bond donors (Lipinski definition) is 1. The molecule has 0 bridgehead atoms. The van der Waals surface area contributed by atoms with E-state index in [2.05, 4.69) is 34.9 Å². The number of carbonyl (C=O) groups is 2. The summed E-state index contributed by atoms with van der Waals surface area (Å²) in [6.45, 7) is 9.95. The quantitative estimate of drug-likeness (QED) is 0.256. The molecule has 4 rings (SSSR count). The predicted molar refractivity (Wildman–Crippen MR) is 156 cm³/mol. The summed E-state index contributed by atoms with van der Waals surface area (Å²) >= 11 is 0. The highest BCUT2D eigenvalue weighted by Crippen LogP contribution is 2.39. The highest BCUT2D eigenvalue weighted by Gasteiger charge is 2.44. The molecule has 1 aliphatic heterocycles. The molecule has 0 aliphatic carbocycles. The Kier molecular flexibility index (Phi) is 8.79. The number of aryl methyl sites for hydroxylation is 1. The zero-order valence-electron chi connectivity index (χ0n) is 24.4. The number of hydrogen-bond acceptors (Lipinski definition) is 4. The van der Waals surface area contributed by atoms with Crippen molar-refractivity contribution in [2.24, 2.45) is 0 Å². The summed E-state index contributed by atoms with van der Waals surface area (Å²) in [5, 5.41) is 13.9. The molecule has 6 nitrogen and oxygen atoms in total. The van der Waals surface area contributed by atoms with Crippen LogP contribution in [0.3, 0.4) is 0 Å². The Balaban J connectivity index is 1.70. The van der Waals surface area contributed by atoms with E-state index in [0.29, 0.717) is 24.5 Å². The van der Waals surface area contributed by atoms with E-state index >= 15 is 0 Å². The largest absolute Gasteiger partial charge is 0.872 e. The lowest BCUT2D eigenvalue weighted by Gasteiger charge is -2.28. The summed E-state index contributed by atoms with van der Waals surface area (Å²) in [4.78, 5) is 29.5. The zero-order chi connectivity index (χ0) is 29.0. The van der Waals surface area contributed by atoms with Crippen molar-refractivity contribution in [2.45, 2.75) is 52.2 Å². The van der Waals surface area contributed by atoms with Crippen LogP contribution in [-0.2, 0) is 21.6 Å². The number of benzene rings is 3. The van der Waals surface area contributed by atoms with Crippen LogP contribution in [0.2, 0.25) is 0 Å². The number of amides is 1. The van der Waals surface area contributed by atoms with Gasteiger partial charge in [0.15, 0.2) is 0 Å². The van der Waals surface area contributed by atoms with Crippen LogP contribution in [0.1, 0.15) is 61.1 Å². The molecule has 1 unspecified atom stereocenters. The Bertz CT molecular complexity index is 1390. The Morgan fingerprint density at radius 1 is 0.975 bits per heavy atom. The first-order valence-corrected chi connectivity index (χ1v) is 13.9. The van der Waals surface area contributed by atoms with E-state index in [4.69, 9.17) is 4.74 Å². The minimum absolute atomic E-state index is 0.0167. The van der Waals surface area contributed by atoms with Crippen molar-refractivity contribution in [2.75, 3.05) is 27.2 Å². The van der Waals surface area contributed by atoms with E-state index in [0.717, 1.165) is 35.2 Å². The van der Waals surface area contributed by atoms with Crippen molar-refractivity contribution in [3.8, 4) is 5.75 Å². The van der Waals surface area contributed by atoms with Crippen molar-refractivity contribution >= 4 is 17.4 Å². The molecule has 0 aromatic heterocycles. The maximum atomic E-state index is 13.9. The minimum atomic E-state index is -0.715. The van der Waals surface area contributed by atoms with Crippen LogP contribution in [0.25, 0.3) is 5.76 Å². The van der Waals surface area contributed by atoms with Gasteiger partial charge in [-0.2, -0.15) is 0 Å². The number of ketones is 1. The van der Waals surface area contributed by atoms with Crippen molar-refractivity contribution in [1.82, 2.24) is 4.90 Å². The summed E-state index contributed by atoms with van der Waals surface area (Å²) < 4.78 is 5.98. The second kappa shape index (κ2) is 12.1. The molecule has 1 amide bonds. The molecule has 1 fully saturated rings. The van der Waals surface area contributed by atoms with E-state index in [1.165, 1.54) is 4.90 Å². The smallest absolute Gasteiger partial charge is 0.295 e. The van der Waals surface area contributed by atoms with Gasteiger partial charge in [0.05, 0.1) is 26.7 Å². The van der Waals surface area contributed by atoms with Crippen molar-refractivity contribution in [1.29, 1.82) is 0 Å². The molecule has 1 heterocycles. The van der Waals surface area contributed by atoms with Crippen LogP contribution >= 0.6 is 0 Å². The van der Waals surface area contributed by atoms with Crippen LogP contribution in [0.4, 0.5) is 0 Å². The lowest BCUT2D eigenvalue weighted by molar-refractivity contribution is -0.858. The average Bonchev–Trinajstić information content (AvgIpc) is 3.17. The zero-order valence-corrected chi connectivity index (χ0v) is 24.4. The fourth-order valence-electron chi connectivity index (χ4n) is 5.06. The fourth-order valence-corrected chi connectivity index (χ4v) is 5.06. The van der Waals surface area contributed by atoms with Crippen LogP contribution in [-0.4, -0.2) is 43.8 Å². The van der Waals surface area contributed by atoms with Gasteiger partial charge in [-0.3, -0.25) is 9.59 Å². The SMILES string of the molecule is Cc1cc(/C([O-])=C2\C(=O)C(=O)N(CCC[NH+](C)C)C2c2ccc(C(C)(C)C)cc2)ccc1OCc1ccccc1. The van der Waals surface area contributed by atoms with E-state index in [1.807, 2.05) is 61.5 Å². The molecule has 0 radical (unpaired) electrons. The first kappa shape index (κ1) is 29.1. The average molecular weight is 541 g/mol. The van der Waals surface area contributed by atoms with Gasteiger partial charge in [-0.05, 0) is 52.3 Å². The van der Waals surface area contributed by atoms with E-state index < -0.39 is 23.5 Å². The van der Waals surface area contributed by atoms with Gasteiger partial charge in [0.2, 0.25) is 5.78 Å². The van der Waals surface area contributed by atoms with Crippen molar-refractivity contribution in [3.63, 3.8) is 0 Å². The number of likely N-dealkylation sites (tertiary alicyclic amines) is 1. The Morgan fingerprint density at radius 3 is 2.25 bits per heavy atom. The lowest BCUT2D eigenvalue weighted by Crippen LogP contribution is -3.05. The maximum absolute atomic E-state index is 13.9.